The Morgan fingerprint density at radius 1 is 1.67 bits per heavy atom. The van der Waals surface area contributed by atoms with E-state index < -0.39 is 6.04 Å². The van der Waals surface area contributed by atoms with E-state index in [9.17, 15) is 4.79 Å². The number of hydrogen-bond donors (Lipinski definition) is 2. The average molecular weight is 250 g/mol. The van der Waals surface area contributed by atoms with Crippen LogP contribution in [-0.4, -0.2) is 52.5 Å². The van der Waals surface area contributed by atoms with E-state index in [4.69, 9.17) is 17.3 Å². The van der Waals surface area contributed by atoms with Crippen LogP contribution in [0.2, 0.25) is 0 Å². The standard InChI is InChI=1S/C9H16ClN3OS/c1-6(10)7(11)8(14)13-4-9(5-13)12-2-3-15-9/h6-7,12H,2-5,11H2,1H3. The highest BCUT2D eigenvalue weighted by molar-refractivity contribution is 8.01. The Balaban J connectivity index is 1.86. The van der Waals surface area contributed by atoms with Crippen LogP contribution in [0.15, 0.2) is 0 Å². The third kappa shape index (κ3) is 2.11. The fourth-order valence-corrected chi connectivity index (χ4v) is 3.31. The molecule has 2 aliphatic rings. The first-order chi connectivity index (χ1) is 7.04. The minimum Gasteiger partial charge on any atom is -0.336 e. The van der Waals surface area contributed by atoms with E-state index in [-0.39, 0.29) is 16.2 Å². The molecule has 86 valence electrons. The number of nitrogens with zero attached hydrogens (tertiary/aromatic N) is 1. The lowest BCUT2D eigenvalue weighted by molar-refractivity contribution is -0.138. The number of halogens is 1. The number of amides is 1. The average Bonchev–Trinajstić information content (AvgIpc) is 2.61. The van der Waals surface area contributed by atoms with Crippen molar-refractivity contribution in [2.24, 2.45) is 5.73 Å². The van der Waals surface area contributed by atoms with Crippen molar-refractivity contribution in [3.8, 4) is 0 Å². The van der Waals surface area contributed by atoms with Crippen LogP contribution in [0.25, 0.3) is 0 Å². The number of rotatable bonds is 2. The smallest absolute Gasteiger partial charge is 0.241 e. The number of carbonyl (C=O) groups excluding carboxylic acids is 1. The first-order valence-electron chi connectivity index (χ1n) is 5.11. The van der Waals surface area contributed by atoms with Gasteiger partial charge in [-0.25, -0.2) is 0 Å². The van der Waals surface area contributed by atoms with Gasteiger partial charge in [0.2, 0.25) is 5.91 Å². The summed E-state index contributed by atoms with van der Waals surface area (Å²) in [6.07, 6.45) is 0. The Labute approximate surface area is 98.9 Å². The number of carbonyl (C=O) groups is 1. The van der Waals surface area contributed by atoms with Gasteiger partial charge >= 0.3 is 0 Å². The summed E-state index contributed by atoms with van der Waals surface area (Å²) in [6, 6.07) is -0.574. The molecular formula is C9H16ClN3OS. The molecule has 3 N–H and O–H groups in total. The van der Waals surface area contributed by atoms with Gasteiger partial charge < -0.3 is 10.6 Å². The van der Waals surface area contributed by atoms with Crippen LogP contribution in [0.5, 0.6) is 0 Å². The van der Waals surface area contributed by atoms with Gasteiger partial charge in [-0.2, -0.15) is 0 Å². The molecule has 2 fully saturated rings. The molecule has 2 rings (SSSR count). The van der Waals surface area contributed by atoms with Crippen LogP contribution in [0, 0.1) is 0 Å². The summed E-state index contributed by atoms with van der Waals surface area (Å²) >= 11 is 7.70. The maximum Gasteiger partial charge on any atom is 0.241 e. The minimum absolute atomic E-state index is 0.0302. The van der Waals surface area contributed by atoms with Crippen LogP contribution in [-0.2, 0) is 4.79 Å². The largest absolute Gasteiger partial charge is 0.336 e. The molecule has 0 saturated carbocycles. The maximum atomic E-state index is 11.8. The molecule has 2 atom stereocenters. The second kappa shape index (κ2) is 4.13. The van der Waals surface area contributed by atoms with Gasteiger partial charge in [0.1, 0.15) is 10.9 Å². The number of likely N-dealkylation sites (tertiary alicyclic amines) is 1. The summed E-state index contributed by atoms with van der Waals surface area (Å²) in [4.78, 5) is 13.7. The fourth-order valence-electron chi connectivity index (χ4n) is 1.91. The van der Waals surface area contributed by atoms with Crippen molar-refractivity contribution in [2.75, 3.05) is 25.4 Å². The zero-order valence-electron chi connectivity index (χ0n) is 8.70. The lowest BCUT2D eigenvalue weighted by atomic mass is 10.1. The van der Waals surface area contributed by atoms with Crippen LogP contribution in [0.3, 0.4) is 0 Å². The maximum absolute atomic E-state index is 11.8. The van der Waals surface area contributed by atoms with E-state index in [1.807, 2.05) is 11.8 Å². The Bertz CT molecular complexity index is 260. The van der Waals surface area contributed by atoms with Crippen molar-refractivity contribution >= 4 is 29.3 Å². The molecule has 2 saturated heterocycles. The molecule has 1 amide bonds. The highest BCUT2D eigenvalue weighted by atomic mass is 35.5. The van der Waals surface area contributed by atoms with E-state index in [1.165, 1.54) is 0 Å². The first-order valence-corrected chi connectivity index (χ1v) is 6.54. The van der Waals surface area contributed by atoms with Crippen molar-refractivity contribution in [2.45, 2.75) is 23.2 Å². The zero-order valence-corrected chi connectivity index (χ0v) is 10.3. The van der Waals surface area contributed by atoms with E-state index in [1.54, 1.807) is 11.8 Å². The quantitative estimate of drug-likeness (QED) is 0.667. The summed E-state index contributed by atoms with van der Waals surface area (Å²) in [5.41, 5.74) is 5.71. The number of thioether (sulfide) groups is 1. The molecule has 0 aromatic rings. The summed E-state index contributed by atoms with van der Waals surface area (Å²) in [5.74, 6) is 1.09. The SMILES string of the molecule is CC(Cl)C(N)C(=O)N1CC2(C1)NCCS2. The van der Waals surface area contributed by atoms with Crippen LogP contribution in [0.1, 0.15) is 6.92 Å². The Morgan fingerprint density at radius 3 is 2.80 bits per heavy atom. The van der Waals surface area contributed by atoms with Crippen molar-refractivity contribution in [1.29, 1.82) is 0 Å². The van der Waals surface area contributed by atoms with E-state index >= 15 is 0 Å². The van der Waals surface area contributed by atoms with Crippen molar-refractivity contribution < 1.29 is 4.79 Å². The van der Waals surface area contributed by atoms with E-state index in [0.717, 1.165) is 25.4 Å². The minimum atomic E-state index is -0.574. The van der Waals surface area contributed by atoms with Crippen LogP contribution < -0.4 is 11.1 Å². The van der Waals surface area contributed by atoms with Crippen LogP contribution >= 0.6 is 23.4 Å². The van der Waals surface area contributed by atoms with Gasteiger partial charge in [0, 0.05) is 12.3 Å². The molecule has 6 heteroatoms. The van der Waals surface area contributed by atoms with Crippen molar-refractivity contribution in [3.05, 3.63) is 0 Å². The molecule has 0 aromatic carbocycles. The molecular weight excluding hydrogens is 234 g/mol. The third-order valence-electron chi connectivity index (χ3n) is 2.91. The molecule has 0 radical (unpaired) electrons. The number of nitrogens with one attached hydrogen (secondary N) is 1. The zero-order chi connectivity index (χ0) is 11.1. The molecule has 2 aliphatic heterocycles. The Morgan fingerprint density at radius 2 is 2.33 bits per heavy atom. The monoisotopic (exact) mass is 249 g/mol. The van der Waals surface area contributed by atoms with Gasteiger partial charge in [0.05, 0.1) is 18.5 Å². The van der Waals surface area contributed by atoms with Gasteiger partial charge in [-0.3, -0.25) is 10.1 Å². The highest BCUT2D eigenvalue weighted by Crippen LogP contribution is 2.36. The van der Waals surface area contributed by atoms with E-state index in [0.29, 0.717) is 0 Å². The predicted molar refractivity (Wildman–Crippen MR) is 63.1 cm³/mol. The van der Waals surface area contributed by atoms with Gasteiger partial charge in [0.15, 0.2) is 0 Å². The number of alkyl halides is 1. The molecule has 1 spiro atoms. The lowest BCUT2D eigenvalue weighted by Gasteiger charge is -2.48. The summed E-state index contributed by atoms with van der Waals surface area (Å²) in [6.45, 7) is 4.30. The second-order valence-corrected chi connectivity index (χ2v) is 6.33. The fraction of sp³-hybridized carbons (Fsp3) is 0.889. The van der Waals surface area contributed by atoms with Gasteiger partial charge in [-0.15, -0.1) is 23.4 Å². The predicted octanol–water partition coefficient (Wildman–Crippen LogP) is -0.184. The highest BCUT2D eigenvalue weighted by Gasteiger charge is 2.48. The molecule has 0 aliphatic carbocycles. The Kier molecular flexibility index (Phi) is 3.17. The summed E-state index contributed by atoms with van der Waals surface area (Å²) in [5, 5.41) is 3.11. The molecule has 2 unspecified atom stereocenters. The number of nitrogens with two attached hydrogens (primary N) is 1. The molecule has 4 nitrogen and oxygen atoms in total. The van der Waals surface area contributed by atoms with Gasteiger partial charge in [-0.1, -0.05) is 0 Å². The molecule has 0 bridgehead atoms. The van der Waals surface area contributed by atoms with Crippen molar-refractivity contribution in [1.82, 2.24) is 10.2 Å². The Hall–Kier alpha value is 0.0300. The van der Waals surface area contributed by atoms with Gasteiger partial charge in [0.25, 0.3) is 0 Å². The first kappa shape index (κ1) is 11.5. The van der Waals surface area contributed by atoms with E-state index in [2.05, 4.69) is 5.32 Å². The van der Waals surface area contributed by atoms with Crippen molar-refractivity contribution in [3.63, 3.8) is 0 Å². The molecule has 15 heavy (non-hydrogen) atoms. The molecule has 2 heterocycles. The normalized spacial score (nSPS) is 27.5. The third-order valence-corrected chi connectivity index (χ3v) is 4.55. The summed E-state index contributed by atoms with van der Waals surface area (Å²) in [7, 11) is 0. The number of hydrogen-bond acceptors (Lipinski definition) is 4. The topological polar surface area (TPSA) is 58.4 Å². The molecule has 0 aromatic heterocycles. The summed E-state index contributed by atoms with van der Waals surface area (Å²) < 4.78 is 0. The van der Waals surface area contributed by atoms with Gasteiger partial charge in [-0.05, 0) is 6.92 Å². The second-order valence-electron chi connectivity index (χ2n) is 4.17. The van der Waals surface area contributed by atoms with Crippen LogP contribution in [0.4, 0.5) is 0 Å². The lowest BCUT2D eigenvalue weighted by Crippen LogP contribution is -2.68.